The zero-order valence-corrected chi connectivity index (χ0v) is 12.0. The van der Waals surface area contributed by atoms with Gasteiger partial charge in [-0.05, 0) is 31.9 Å². The highest BCUT2D eigenvalue weighted by Gasteiger charge is 2.42. The molecule has 1 unspecified atom stereocenters. The summed E-state index contributed by atoms with van der Waals surface area (Å²) in [6.07, 6.45) is 2.54. The summed E-state index contributed by atoms with van der Waals surface area (Å²) in [5.41, 5.74) is 0. The van der Waals surface area contributed by atoms with Gasteiger partial charge in [-0.15, -0.1) is 0 Å². The Balaban J connectivity index is 1.59. The van der Waals surface area contributed by atoms with E-state index in [2.05, 4.69) is 0 Å². The average molecular weight is 276 g/mol. The van der Waals surface area contributed by atoms with Crippen molar-refractivity contribution in [2.75, 3.05) is 13.6 Å². The van der Waals surface area contributed by atoms with E-state index in [0.29, 0.717) is 25.6 Å². The summed E-state index contributed by atoms with van der Waals surface area (Å²) in [6, 6.07) is 4.18. The van der Waals surface area contributed by atoms with E-state index in [0.717, 1.165) is 24.4 Å². The molecule has 5 nitrogen and oxygen atoms in total. The molecule has 1 aromatic heterocycles. The van der Waals surface area contributed by atoms with Gasteiger partial charge in [-0.3, -0.25) is 9.59 Å². The second-order valence-corrected chi connectivity index (χ2v) is 5.88. The van der Waals surface area contributed by atoms with Gasteiger partial charge in [-0.1, -0.05) is 0 Å². The molecule has 2 amide bonds. The first-order valence-electron chi connectivity index (χ1n) is 7.14. The lowest BCUT2D eigenvalue weighted by Gasteiger charge is -2.20. The van der Waals surface area contributed by atoms with Crippen LogP contribution in [0.15, 0.2) is 16.5 Å². The molecule has 0 bridgehead atoms. The molecule has 1 aliphatic carbocycles. The van der Waals surface area contributed by atoms with Crippen LogP contribution in [0, 0.1) is 12.8 Å². The van der Waals surface area contributed by atoms with E-state index in [4.69, 9.17) is 4.42 Å². The van der Waals surface area contributed by atoms with E-state index in [9.17, 15) is 9.59 Å². The van der Waals surface area contributed by atoms with Gasteiger partial charge in [0.1, 0.15) is 11.5 Å². The van der Waals surface area contributed by atoms with Crippen LogP contribution in [0.1, 0.15) is 30.8 Å². The normalized spacial score (nSPS) is 22.4. The Labute approximate surface area is 118 Å². The molecule has 108 valence electrons. The monoisotopic (exact) mass is 276 g/mol. The van der Waals surface area contributed by atoms with E-state index >= 15 is 0 Å². The molecule has 1 saturated heterocycles. The third kappa shape index (κ3) is 2.57. The zero-order valence-electron chi connectivity index (χ0n) is 12.0. The van der Waals surface area contributed by atoms with Crippen molar-refractivity contribution in [1.82, 2.24) is 9.80 Å². The number of rotatable bonds is 4. The first-order chi connectivity index (χ1) is 9.54. The van der Waals surface area contributed by atoms with Crippen molar-refractivity contribution in [2.24, 2.45) is 5.92 Å². The van der Waals surface area contributed by atoms with Crippen molar-refractivity contribution in [3.05, 3.63) is 23.7 Å². The van der Waals surface area contributed by atoms with Crippen molar-refractivity contribution in [2.45, 2.75) is 38.8 Å². The lowest BCUT2D eigenvalue weighted by Crippen LogP contribution is -2.34. The van der Waals surface area contributed by atoms with Gasteiger partial charge >= 0.3 is 0 Å². The van der Waals surface area contributed by atoms with Gasteiger partial charge in [0.15, 0.2) is 0 Å². The van der Waals surface area contributed by atoms with Crippen LogP contribution in [-0.4, -0.2) is 41.2 Å². The molecule has 0 aromatic carbocycles. The lowest BCUT2D eigenvalue weighted by molar-refractivity contribution is -0.135. The Hall–Kier alpha value is -1.78. The molecule has 1 atom stereocenters. The van der Waals surface area contributed by atoms with Crippen molar-refractivity contribution in [1.29, 1.82) is 0 Å². The predicted molar refractivity (Wildman–Crippen MR) is 72.8 cm³/mol. The first kappa shape index (κ1) is 13.2. The summed E-state index contributed by atoms with van der Waals surface area (Å²) in [4.78, 5) is 27.8. The van der Waals surface area contributed by atoms with Gasteiger partial charge in [-0.2, -0.15) is 0 Å². The third-order valence-electron chi connectivity index (χ3n) is 4.06. The maximum Gasteiger partial charge on any atom is 0.228 e. The standard InChI is InChI=1S/C15H20N2O3/c1-10-3-6-13(20-10)9-16(2)15(19)11-7-14(18)17(8-11)12-4-5-12/h3,6,11-12H,4-5,7-9H2,1-2H3. The number of amides is 2. The molecular formula is C15H20N2O3. The summed E-state index contributed by atoms with van der Waals surface area (Å²) in [5, 5.41) is 0. The van der Waals surface area contributed by atoms with Crippen molar-refractivity contribution < 1.29 is 14.0 Å². The average Bonchev–Trinajstić information content (AvgIpc) is 3.06. The molecule has 1 saturated carbocycles. The minimum absolute atomic E-state index is 0.0375. The van der Waals surface area contributed by atoms with Crippen LogP contribution in [0.25, 0.3) is 0 Å². The molecule has 2 aliphatic rings. The van der Waals surface area contributed by atoms with Crippen LogP contribution >= 0.6 is 0 Å². The molecule has 2 fully saturated rings. The van der Waals surface area contributed by atoms with Crippen molar-refractivity contribution in [3.8, 4) is 0 Å². The Morgan fingerprint density at radius 3 is 2.80 bits per heavy atom. The molecule has 1 aliphatic heterocycles. The molecule has 20 heavy (non-hydrogen) atoms. The Bertz CT molecular complexity index is 533. The van der Waals surface area contributed by atoms with Gasteiger partial charge in [0.25, 0.3) is 0 Å². The van der Waals surface area contributed by atoms with Crippen LogP contribution in [0.2, 0.25) is 0 Å². The smallest absolute Gasteiger partial charge is 0.228 e. The topological polar surface area (TPSA) is 53.8 Å². The van der Waals surface area contributed by atoms with E-state index in [1.165, 1.54) is 0 Å². The number of carbonyl (C=O) groups is 2. The molecule has 3 rings (SSSR count). The van der Waals surface area contributed by atoms with Gasteiger partial charge in [0, 0.05) is 26.1 Å². The molecule has 5 heteroatoms. The quantitative estimate of drug-likeness (QED) is 0.838. The van der Waals surface area contributed by atoms with E-state index < -0.39 is 0 Å². The highest BCUT2D eigenvalue weighted by atomic mass is 16.3. The summed E-state index contributed by atoms with van der Waals surface area (Å²) in [7, 11) is 1.77. The maximum absolute atomic E-state index is 12.4. The Morgan fingerprint density at radius 2 is 2.20 bits per heavy atom. The summed E-state index contributed by atoms with van der Waals surface area (Å²) in [5.74, 6) is 1.60. The fourth-order valence-corrected chi connectivity index (χ4v) is 2.83. The Morgan fingerprint density at radius 1 is 1.45 bits per heavy atom. The summed E-state index contributed by atoms with van der Waals surface area (Å²) in [6.45, 7) is 2.93. The summed E-state index contributed by atoms with van der Waals surface area (Å²) >= 11 is 0. The third-order valence-corrected chi connectivity index (χ3v) is 4.06. The second kappa shape index (κ2) is 4.96. The maximum atomic E-state index is 12.4. The molecule has 0 spiro atoms. The minimum atomic E-state index is -0.191. The number of hydrogen-bond donors (Lipinski definition) is 0. The number of nitrogens with zero attached hydrogens (tertiary/aromatic N) is 2. The highest BCUT2D eigenvalue weighted by Crippen LogP contribution is 2.33. The molecular weight excluding hydrogens is 256 g/mol. The molecule has 1 aromatic rings. The van der Waals surface area contributed by atoms with Crippen LogP contribution in [0.4, 0.5) is 0 Å². The Kier molecular flexibility index (Phi) is 3.28. The van der Waals surface area contributed by atoms with E-state index in [-0.39, 0.29) is 17.7 Å². The molecule has 2 heterocycles. The van der Waals surface area contributed by atoms with Gasteiger partial charge in [0.2, 0.25) is 11.8 Å². The largest absolute Gasteiger partial charge is 0.464 e. The number of carbonyl (C=O) groups excluding carboxylic acids is 2. The van der Waals surface area contributed by atoms with Crippen LogP contribution in [0.3, 0.4) is 0 Å². The fourth-order valence-electron chi connectivity index (χ4n) is 2.83. The van der Waals surface area contributed by atoms with Crippen LogP contribution in [0.5, 0.6) is 0 Å². The summed E-state index contributed by atoms with van der Waals surface area (Å²) < 4.78 is 5.49. The van der Waals surface area contributed by atoms with Crippen molar-refractivity contribution in [3.63, 3.8) is 0 Å². The fraction of sp³-hybridized carbons (Fsp3) is 0.600. The number of furan rings is 1. The van der Waals surface area contributed by atoms with Gasteiger partial charge < -0.3 is 14.2 Å². The lowest BCUT2D eigenvalue weighted by atomic mass is 10.1. The molecule has 0 radical (unpaired) electrons. The highest BCUT2D eigenvalue weighted by molar-refractivity contribution is 5.89. The number of hydrogen-bond acceptors (Lipinski definition) is 3. The van der Waals surface area contributed by atoms with E-state index in [1.54, 1.807) is 11.9 Å². The van der Waals surface area contributed by atoms with Crippen molar-refractivity contribution >= 4 is 11.8 Å². The first-order valence-corrected chi connectivity index (χ1v) is 7.14. The number of likely N-dealkylation sites (tertiary alicyclic amines) is 1. The second-order valence-electron chi connectivity index (χ2n) is 5.88. The number of aryl methyl sites for hydroxylation is 1. The predicted octanol–water partition coefficient (Wildman–Crippen LogP) is 1.56. The SMILES string of the molecule is Cc1ccc(CN(C)C(=O)C2CC(=O)N(C3CC3)C2)o1. The van der Waals surface area contributed by atoms with E-state index in [1.807, 2.05) is 24.0 Å². The van der Waals surface area contributed by atoms with Crippen LogP contribution < -0.4 is 0 Å². The minimum Gasteiger partial charge on any atom is -0.464 e. The van der Waals surface area contributed by atoms with Gasteiger partial charge in [0.05, 0.1) is 12.5 Å². The van der Waals surface area contributed by atoms with Crippen LogP contribution in [-0.2, 0) is 16.1 Å². The van der Waals surface area contributed by atoms with Gasteiger partial charge in [-0.25, -0.2) is 0 Å². The molecule has 0 N–H and O–H groups in total. The zero-order chi connectivity index (χ0) is 14.3.